The number of thiophene rings is 1. The van der Waals surface area contributed by atoms with Crippen molar-refractivity contribution in [2.75, 3.05) is 26.7 Å². The maximum atomic E-state index is 12.5. The number of ether oxygens (including phenoxy) is 1. The fraction of sp³-hybridized carbons (Fsp3) is 0.409. The molecule has 1 amide bonds. The van der Waals surface area contributed by atoms with Crippen molar-refractivity contribution in [2.24, 2.45) is 0 Å². The quantitative estimate of drug-likeness (QED) is 0.498. The Kier molecular flexibility index (Phi) is 7.98. The number of aryl methyl sites for hydroxylation is 1. The highest BCUT2D eigenvalue weighted by atomic mass is 32.1. The second kappa shape index (κ2) is 10.9. The second-order valence-electron chi connectivity index (χ2n) is 6.84. The molecule has 0 saturated heterocycles. The first-order valence-corrected chi connectivity index (χ1v) is 11.1. The van der Waals surface area contributed by atoms with E-state index in [2.05, 4.69) is 40.3 Å². The van der Waals surface area contributed by atoms with Crippen LogP contribution in [0.2, 0.25) is 0 Å². The maximum Gasteiger partial charge on any atom is 0.227 e. The van der Waals surface area contributed by atoms with Crippen LogP contribution in [0, 0.1) is 0 Å². The van der Waals surface area contributed by atoms with E-state index in [-0.39, 0.29) is 11.9 Å². The molecular formula is C22H28N4O3S. The molecule has 2 heterocycles. The van der Waals surface area contributed by atoms with Gasteiger partial charge in [-0.1, -0.05) is 31.1 Å². The van der Waals surface area contributed by atoms with Crippen molar-refractivity contribution in [3.05, 3.63) is 52.5 Å². The summed E-state index contributed by atoms with van der Waals surface area (Å²) in [7, 11) is 1.66. The molecule has 160 valence electrons. The van der Waals surface area contributed by atoms with Crippen LogP contribution in [-0.4, -0.2) is 47.7 Å². The number of aromatic nitrogens is 2. The van der Waals surface area contributed by atoms with Crippen molar-refractivity contribution in [3.8, 4) is 17.1 Å². The summed E-state index contributed by atoms with van der Waals surface area (Å²) in [5, 5.41) is 11.0. The van der Waals surface area contributed by atoms with Crippen molar-refractivity contribution in [3.63, 3.8) is 0 Å². The lowest BCUT2D eigenvalue weighted by molar-refractivity contribution is -0.121. The minimum atomic E-state index is -0.0367. The number of nitrogens with zero attached hydrogens (tertiary/aromatic N) is 3. The Bertz CT molecular complexity index is 922. The molecule has 1 N–H and O–H groups in total. The van der Waals surface area contributed by atoms with E-state index in [9.17, 15) is 4.79 Å². The van der Waals surface area contributed by atoms with E-state index in [1.807, 2.05) is 35.0 Å². The van der Waals surface area contributed by atoms with Gasteiger partial charge in [0.05, 0.1) is 13.2 Å². The topological polar surface area (TPSA) is 80.5 Å². The van der Waals surface area contributed by atoms with Gasteiger partial charge in [-0.2, -0.15) is 16.3 Å². The molecule has 0 aliphatic rings. The highest BCUT2D eigenvalue weighted by Gasteiger charge is 2.20. The van der Waals surface area contributed by atoms with Crippen LogP contribution in [0.15, 0.2) is 45.6 Å². The van der Waals surface area contributed by atoms with Gasteiger partial charge in [-0.25, -0.2) is 0 Å². The Balaban J connectivity index is 1.57. The summed E-state index contributed by atoms with van der Waals surface area (Å²) in [4.78, 5) is 19.2. The van der Waals surface area contributed by atoms with Crippen molar-refractivity contribution in [1.82, 2.24) is 20.4 Å². The van der Waals surface area contributed by atoms with Gasteiger partial charge in [0.25, 0.3) is 0 Å². The van der Waals surface area contributed by atoms with Gasteiger partial charge in [0, 0.05) is 30.3 Å². The SMILES string of the molecule is CCN(CC)C(CNC(=O)CCc1nc(-c2ccsc2)no1)c1cccc(OC)c1. The number of methoxy groups -OCH3 is 1. The largest absolute Gasteiger partial charge is 0.497 e. The number of carbonyl (C=O) groups excluding carboxylic acids is 1. The van der Waals surface area contributed by atoms with E-state index in [1.54, 1.807) is 18.4 Å². The smallest absolute Gasteiger partial charge is 0.227 e. The first-order chi connectivity index (χ1) is 14.6. The second-order valence-corrected chi connectivity index (χ2v) is 7.62. The Hall–Kier alpha value is -2.71. The molecule has 0 aliphatic heterocycles. The van der Waals surface area contributed by atoms with Gasteiger partial charge >= 0.3 is 0 Å². The number of likely N-dealkylation sites (N-methyl/N-ethyl adjacent to an activating group) is 1. The number of carbonyl (C=O) groups is 1. The van der Waals surface area contributed by atoms with E-state index in [0.29, 0.717) is 31.1 Å². The molecule has 3 aromatic rings. The van der Waals surface area contributed by atoms with Crippen LogP contribution in [0.4, 0.5) is 0 Å². The lowest BCUT2D eigenvalue weighted by Gasteiger charge is -2.30. The van der Waals surface area contributed by atoms with Gasteiger partial charge in [0.15, 0.2) is 0 Å². The summed E-state index contributed by atoms with van der Waals surface area (Å²) in [6.07, 6.45) is 0.715. The summed E-state index contributed by atoms with van der Waals surface area (Å²) in [5.41, 5.74) is 2.05. The van der Waals surface area contributed by atoms with Crippen molar-refractivity contribution < 1.29 is 14.1 Å². The first kappa shape index (κ1) is 22.0. The van der Waals surface area contributed by atoms with Gasteiger partial charge in [-0.3, -0.25) is 9.69 Å². The van der Waals surface area contributed by atoms with E-state index < -0.39 is 0 Å². The molecule has 8 heteroatoms. The van der Waals surface area contributed by atoms with E-state index >= 15 is 0 Å². The van der Waals surface area contributed by atoms with Crippen LogP contribution in [0.5, 0.6) is 5.75 Å². The van der Waals surface area contributed by atoms with Crippen LogP contribution in [-0.2, 0) is 11.2 Å². The number of hydrogen-bond acceptors (Lipinski definition) is 7. The van der Waals surface area contributed by atoms with E-state index in [0.717, 1.165) is 30.0 Å². The van der Waals surface area contributed by atoms with Gasteiger partial charge in [-0.15, -0.1) is 0 Å². The Morgan fingerprint density at radius 2 is 2.13 bits per heavy atom. The Morgan fingerprint density at radius 1 is 1.30 bits per heavy atom. The predicted molar refractivity (Wildman–Crippen MR) is 118 cm³/mol. The molecule has 0 radical (unpaired) electrons. The average Bonchev–Trinajstić information content (AvgIpc) is 3.47. The molecular weight excluding hydrogens is 400 g/mol. The van der Waals surface area contributed by atoms with Crippen LogP contribution >= 0.6 is 11.3 Å². The molecule has 0 bridgehead atoms. The molecule has 0 spiro atoms. The minimum absolute atomic E-state index is 0.0367. The molecule has 30 heavy (non-hydrogen) atoms. The summed E-state index contributed by atoms with van der Waals surface area (Å²) in [6, 6.07) is 10.0. The molecule has 0 fully saturated rings. The molecule has 1 atom stereocenters. The number of nitrogens with one attached hydrogen (secondary N) is 1. The summed E-state index contributed by atoms with van der Waals surface area (Å²) < 4.78 is 10.6. The van der Waals surface area contributed by atoms with Crippen LogP contribution in [0.1, 0.15) is 37.8 Å². The third-order valence-electron chi connectivity index (χ3n) is 5.04. The van der Waals surface area contributed by atoms with Crippen molar-refractivity contribution in [2.45, 2.75) is 32.7 Å². The van der Waals surface area contributed by atoms with Crippen molar-refractivity contribution in [1.29, 1.82) is 0 Å². The lowest BCUT2D eigenvalue weighted by atomic mass is 10.0. The molecule has 1 aromatic carbocycles. The van der Waals surface area contributed by atoms with Crippen molar-refractivity contribution >= 4 is 17.2 Å². The predicted octanol–water partition coefficient (Wildman–Crippen LogP) is 3.94. The fourth-order valence-electron chi connectivity index (χ4n) is 3.36. The number of hydrogen-bond donors (Lipinski definition) is 1. The van der Waals surface area contributed by atoms with E-state index in [4.69, 9.17) is 9.26 Å². The van der Waals surface area contributed by atoms with Crippen LogP contribution in [0.3, 0.4) is 0 Å². The van der Waals surface area contributed by atoms with Crippen LogP contribution in [0.25, 0.3) is 11.4 Å². The zero-order valence-electron chi connectivity index (χ0n) is 17.6. The number of amides is 1. The third-order valence-corrected chi connectivity index (χ3v) is 5.72. The highest BCUT2D eigenvalue weighted by molar-refractivity contribution is 7.08. The third kappa shape index (κ3) is 5.67. The van der Waals surface area contributed by atoms with Gasteiger partial charge in [0.1, 0.15) is 5.75 Å². The number of rotatable bonds is 11. The molecule has 2 aromatic heterocycles. The lowest BCUT2D eigenvalue weighted by Crippen LogP contribution is -2.38. The average molecular weight is 429 g/mol. The molecule has 7 nitrogen and oxygen atoms in total. The normalized spacial score (nSPS) is 12.1. The fourth-order valence-corrected chi connectivity index (χ4v) is 3.99. The minimum Gasteiger partial charge on any atom is -0.497 e. The summed E-state index contributed by atoms with van der Waals surface area (Å²) >= 11 is 1.58. The molecule has 0 saturated carbocycles. The van der Waals surface area contributed by atoms with Gasteiger partial charge < -0.3 is 14.6 Å². The van der Waals surface area contributed by atoms with Gasteiger partial charge in [-0.05, 0) is 42.2 Å². The Labute approximate surface area is 181 Å². The van der Waals surface area contributed by atoms with Gasteiger partial charge in [0.2, 0.25) is 17.6 Å². The molecule has 0 aliphatic carbocycles. The van der Waals surface area contributed by atoms with E-state index in [1.165, 1.54) is 0 Å². The zero-order chi connectivity index (χ0) is 21.3. The molecule has 3 rings (SSSR count). The van der Waals surface area contributed by atoms with Crippen LogP contribution < -0.4 is 10.1 Å². The monoisotopic (exact) mass is 428 g/mol. The summed E-state index contributed by atoms with van der Waals surface area (Å²) in [6.45, 7) is 6.55. The summed E-state index contributed by atoms with van der Waals surface area (Å²) in [5.74, 6) is 1.81. The molecule has 1 unspecified atom stereocenters. The first-order valence-electron chi connectivity index (χ1n) is 10.1. The zero-order valence-corrected chi connectivity index (χ0v) is 18.4. The standard InChI is InChI=1S/C22H28N4O3S/c1-4-26(5-2)19(16-7-6-8-18(13-16)28-3)14-23-20(27)9-10-21-24-22(25-29-21)17-11-12-30-15-17/h6-8,11-13,15,19H,4-5,9-10,14H2,1-3H3,(H,23,27). The maximum absolute atomic E-state index is 12.5. The number of benzene rings is 1. The Morgan fingerprint density at radius 3 is 2.83 bits per heavy atom. The highest BCUT2D eigenvalue weighted by Crippen LogP contribution is 2.24.